The maximum absolute atomic E-state index is 11.2. The molecule has 1 heterocycles. The molecule has 0 saturated heterocycles. The molecule has 1 aromatic heterocycles. The summed E-state index contributed by atoms with van der Waals surface area (Å²) in [5.74, 6) is -0.170. The zero-order chi connectivity index (χ0) is 27.0. The molecule has 8 nitrogen and oxygen atoms in total. The number of phenolic OH excluding ortho intramolecular Hbond substituents is 1. The van der Waals surface area contributed by atoms with Crippen molar-refractivity contribution in [3.05, 3.63) is 95.0 Å². The van der Waals surface area contributed by atoms with E-state index < -0.39 is 6.16 Å². The fourth-order valence-corrected chi connectivity index (χ4v) is 4.40. The monoisotopic (exact) mass is 527 g/mol. The van der Waals surface area contributed by atoms with E-state index in [2.05, 4.69) is 10.2 Å². The van der Waals surface area contributed by atoms with Gasteiger partial charge in [0.25, 0.3) is 0 Å². The molecule has 0 unspecified atom stereocenters. The van der Waals surface area contributed by atoms with Gasteiger partial charge in [0.1, 0.15) is 11.4 Å². The van der Waals surface area contributed by atoms with Crippen molar-refractivity contribution in [2.45, 2.75) is 13.8 Å². The van der Waals surface area contributed by atoms with E-state index in [0.717, 1.165) is 16.8 Å². The van der Waals surface area contributed by atoms with Crippen LogP contribution in [0.3, 0.4) is 0 Å². The van der Waals surface area contributed by atoms with E-state index in [0.29, 0.717) is 27.1 Å². The van der Waals surface area contributed by atoms with Gasteiger partial charge in [-0.15, -0.1) is 10.2 Å². The van der Waals surface area contributed by atoms with Crippen molar-refractivity contribution in [3.63, 3.8) is 0 Å². The molecule has 0 saturated carbocycles. The first-order chi connectivity index (χ1) is 18.2. The summed E-state index contributed by atoms with van der Waals surface area (Å²) in [5, 5.41) is 40.8. The van der Waals surface area contributed by atoms with Crippen LogP contribution in [0.1, 0.15) is 11.1 Å². The number of azo groups is 1. The number of hydrogen-bond acceptors (Lipinski definition) is 6. The molecule has 0 aliphatic heterocycles. The SMILES string of the molecule is Cc1ccc(-n2c(O)c(N=Nc3cccc(-c4cccc(OC(=O)O)c4)c3O)c3ccc(Cl)cc32)cc1C. The van der Waals surface area contributed by atoms with Gasteiger partial charge in [-0.05, 0) is 79.1 Å². The van der Waals surface area contributed by atoms with Crippen LogP contribution in [0.2, 0.25) is 5.02 Å². The lowest BCUT2D eigenvalue weighted by molar-refractivity contribution is 0.144. The zero-order valence-corrected chi connectivity index (χ0v) is 21.1. The van der Waals surface area contributed by atoms with Crippen molar-refractivity contribution in [2.24, 2.45) is 10.2 Å². The predicted octanol–water partition coefficient (Wildman–Crippen LogP) is 8.45. The second-order valence-electron chi connectivity index (χ2n) is 8.71. The Bertz CT molecular complexity index is 1740. The molecule has 0 aliphatic carbocycles. The van der Waals surface area contributed by atoms with Crippen molar-refractivity contribution in [1.82, 2.24) is 4.57 Å². The molecular formula is C29H22ClN3O5. The number of aryl methyl sites for hydroxylation is 2. The van der Waals surface area contributed by atoms with E-state index in [1.54, 1.807) is 53.1 Å². The molecular weight excluding hydrogens is 506 g/mol. The maximum atomic E-state index is 11.2. The van der Waals surface area contributed by atoms with Crippen LogP contribution in [0.4, 0.5) is 16.2 Å². The van der Waals surface area contributed by atoms with Gasteiger partial charge in [-0.3, -0.25) is 4.57 Å². The molecule has 0 radical (unpaired) electrons. The number of benzene rings is 4. The molecule has 3 N–H and O–H groups in total. The quantitative estimate of drug-likeness (QED) is 0.120. The summed E-state index contributed by atoms with van der Waals surface area (Å²) < 4.78 is 6.38. The second kappa shape index (κ2) is 9.91. The average molecular weight is 528 g/mol. The number of para-hydroxylation sites is 1. The smallest absolute Gasteiger partial charge is 0.505 e. The van der Waals surface area contributed by atoms with Gasteiger partial charge < -0.3 is 20.1 Å². The average Bonchev–Trinajstić information content (AvgIpc) is 3.15. The Morgan fingerprint density at radius 2 is 1.68 bits per heavy atom. The summed E-state index contributed by atoms with van der Waals surface area (Å²) in [6.45, 7) is 4.01. The normalized spacial score (nSPS) is 11.3. The lowest BCUT2D eigenvalue weighted by atomic mass is 10.0. The Morgan fingerprint density at radius 1 is 0.895 bits per heavy atom. The fraction of sp³-hybridized carbons (Fsp3) is 0.0690. The Balaban J connectivity index is 1.59. The number of ether oxygens (including phenoxy) is 1. The van der Waals surface area contributed by atoms with Crippen molar-refractivity contribution < 1.29 is 24.9 Å². The van der Waals surface area contributed by atoms with E-state index in [9.17, 15) is 15.0 Å². The summed E-state index contributed by atoms with van der Waals surface area (Å²) in [7, 11) is 0. The number of fused-ring (bicyclic) bond motifs is 1. The number of carbonyl (C=O) groups is 1. The van der Waals surface area contributed by atoms with Gasteiger partial charge in [0.15, 0.2) is 11.4 Å². The van der Waals surface area contributed by atoms with Crippen LogP contribution < -0.4 is 4.74 Å². The highest BCUT2D eigenvalue weighted by Gasteiger charge is 2.19. The molecule has 0 amide bonds. The summed E-state index contributed by atoms with van der Waals surface area (Å²) in [6, 6.07) is 22.3. The number of hydrogen-bond donors (Lipinski definition) is 3. The molecule has 0 spiro atoms. The number of nitrogens with zero attached hydrogens (tertiary/aromatic N) is 3. The second-order valence-corrected chi connectivity index (χ2v) is 9.14. The number of aromatic hydroxyl groups is 2. The van der Waals surface area contributed by atoms with Gasteiger partial charge in [-0.25, -0.2) is 4.79 Å². The van der Waals surface area contributed by atoms with Crippen LogP contribution >= 0.6 is 11.6 Å². The predicted molar refractivity (Wildman–Crippen MR) is 146 cm³/mol. The molecule has 38 heavy (non-hydrogen) atoms. The van der Waals surface area contributed by atoms with Gasteiger partial charge in [-0.2, -0.15) is 0 Å². The van der Waals surface area contributed by atoms with Gasteiger partial charge >= 0.3 is 6.16 Å². The van der Waals surface area contributed by atoms with Gasteiger partial charge in [-0.1, -0.05) is 41.9 Å². The lowest BCUT2D eigenvalue weighted by Crippen LogP contribution is -2.02. The fourth-order valence-electron chi connectivity index (χ4n) is 4.23. The highest BCUT2D eigenvalue weighted by molar-refractivity contribution is 6.31. The summed E-state index contributed by atoms with van der Waals surface area (Å²) in [5.41, 5.74) is 4.90. The van der Waals surface area contributed by atoms with E-state index in [1.165, 1.54) is 12.1 Å². The van der Waals surface area contributed by atoms with Crippen molar-refractivity contribution >= 4 is 40.0 Å². The van der Waals surface area contributed by atoms with Crippen LogP contribution in [0.5, 0.6) is 17.4 Å². The Kier molecular flexibility index (Phi) is 6.48. The third-order valence-corrected chi connectivity index (χ3v) is 6.49. The molecule has 5 rings (SSSR count). The van der Waals surface area contributed by atoms with Crippen LogP contribution in [0.15, 0.2) is 89.1 Å². The van der Waals surface area contributed by atoms with Crippen LogP contribution in [0, 0.1) is 13.8 Å². The number of carboxylic acid groups (broad SMARTS) is 1. The molecule has 4 aromatic carbocycles. The highest BCUT2D eigenvalue weighted by atomic mass is 35.5. The molecule has 0 bridgehead atoms. The maximum Gasteiger partial charge on any atom is 0.511 e. The van der Waals surface area contributed by atoms with Crippen LogP contribution in [0.25, 0.3) is 27.7 Å². The Hall–Kier alpha value is -4.82. The molecule has 5 aromatic rings. The third-order valence-electron chi connectivity index (χ3n) is 6.25. The molecule has 0 atom stereocenters. The van der Waals surface area contributed by atoms with Crippen molar-refractivity contribution in [1.29, 1.82) is 0 Å². The Labute approximate surface area is 222 Å². The van der Waals surface area contributed by atoms with E-state index >= 15 is 0 Å². The van der Waals surface area contributed by atoms with E-state index in [-0.39, 0.29) is 28.8 Å². The topological polar surface area (TPSA) is 117 Å². The standard InChI is InChI=1S/C29H22ClN3O5/c1-16-9-11-20(13-17(16)2)33-25-15-19(30)10-12-23(25)26(28(33)35)32-31-24-8-4-7-22(27(24)34)18-5-3-6-21(14-18)38-29(36)37/h3-15,34-35H,1-2H3,(H,36,37). The zero-order valence-electron chi connectivity index (χ0n) is 20.4. The summed E-state index contributed by atoms with van der Waals surface area (Å²) in [6.07, 6.45) is -1.44. The van der Waals surface area contributed by atoms with Crippen LogP contribution in [-0.4, -0.2) is 26.0 Å². The summed E-state index contributed by atoms with van der Waals surface area (Å²) >= 11 is 6.28. The first-order valence-corrected chi connectivity index (χ1v) is 12.0. The van der Waals surface area contributed by atoms with E-state index in [4.69, 9.17) is 21.4 Å². The highest BCUT2D eigenvalue weighted by Crippen LogP contribution is 2.44. The summed E-state index contributed by atoms with van der Waals surface area (Å²) in [4.78, 5) is 10.9. The number of aromatic nitrogens is 1. The molecule has 0 fully saturated rings. The minimum atomic E-state index is -1.44. The first-order valence-electron chi connectivity index (χ1n) is 11.6. The van der Waals surface area contributed by atoms with E-state index in [1.807, 2.05) is 32.0 Å². The Morgan fingerprint density at radius 3 is 2.45 bits per heavy atom. The minimum Gasteiger partial charge on any atom is -0.505 e. The van der Waals surface area contributed by atoms with Crippen molar-refractivity contribution in [3.8, 4) is 34.2 Å². The van der Waals surface area contributed by atoms with Gasteiger partial charge in [0.05, 0.1) is 5.52 Å². The number of halogens is 1. The number of phenols is 1. The number of rotatable bonds is 5. The molecule has 190 valence electrons. The lowest BCUT2D eigenvalue weighted by Gasteiger charge is -2.09. The third kappa shape index (κ3) is 4.65. The van der Waals surface area contributed by atoms with Crippen LogP contribution in [-0.2, 0) is 0 Å². The first kappa shape index (κ1) is 24.9. The molecule has 9 heteroatoms. The van der Waals surface area contributed by atoms with Gasteiger partial charge in [0.2, 0.25) is 5.88 Å². The van der Waals surface area contributed by atoms with Gasteiger partial charge in [0, 0.05) is 21.7 Å². The molecule has 0 aliphatic rings. The van der Waals surface area contributed by atoms with Crippen molar-refractivity contribution in [2.75, 3.05) is 0 Å². The largest absolute Gasteiger partial charge is 0.511 e. The minimum absolute atomic E-state index is 0.115.